The first-order valence-corrected chi connectivity index (χ1v) is 7.81. The van der Waals surface area contributed by atoms with Gasteiger partial charge in [-0.15, -0.1) is 0 Å². The minimum atomic E-state index is -0.363. The third-order valence-electron chi connectivity index (χ3n) is 3.77. The highest BCUT2D eigenvalue weighted by Gasteiger charge is 2.00. The molecule has 0 spiro atoms. The summed E-state index contributed by atoms with van der Waals surface area (Å²) in [6.45, 7) is 8.02. The molecule has 120 valence electrons. The maximum Gasteiger partial charge on any atom is 0.330 e. The molecule has 0 aliphatic heterocycles. The van der Waals surface area contributed by atoms with Crippen LogP contribution < -0.4 is 5.32 Å². The van der Waals surface area contributed by atoms with Crippen LogP contribution in [-0.2, 0) is 16.0 Å². The number of anilines is 2. The summed E-state index contributed by atoms with van der Waals surface area (Å²) in [5.41, 5.74) is 5.96. The fourth-order valence-corrected chi connectivity index (χ4v) is 2.25. The molecule has 0 bridgehead atoms. The van der Waals surface area contributed by atoms with Gasteiger partial charge in [0.2, 0.25) is 0 Å². The van der Waals surface area contributed by atoms with Gasteiger partial charge in [0, 0.05) is 17.5 Å². The first-order chi connectivity index (χ1) is 11.1. The minimum absolute atomic E-state index is 0.363. The average molecular weight is 309 g/mol. The van der Waals surface area contributed by atoms with Crippen LogP contribution in [0.2, 0.25) is 0 Å². The van der Waals surface area contributed by atoms with Crippen molar-refractivity contribution >= 4 is 17.3 Å². The summed E-state index contributed by atoms with van der Waals surface area (Å²) in [5.74, 6) is -0.363. The van der Waals surface area contributed by atoms with Gasteiger partial charge in [-0.1, -0.05) is 24.8 Å². The van der Waals surface area contributed by atoms with Crippen molar-refractivity contribution in [1.29, 1.82) is 0 Å². The second-order valence-corrected chi connectivity index (χ2v) is 5.60. The molecular formula is C20H23NO2. The van der Waals surface area contributed by atoms with E-state index in [2.05, 4.69) is 68.2 Å². The van der Waals surface area contributed by atoms with E-state index in [0.717, 1.165) is 24.2 Å². The smallest absolute Gasteiger partial charge is 0.330 e. The van der Waals surface area contributed by atoms with E-state index in [1.807, 2.05) is 0 Å². The van der Waals surface area contributed by atoms with E-state index in [1.54, 1.807) is 0 Å². The first-order valence-electron chi connectivity index (χ1n) is 7.81. The lowest BCUT2D eigenvalue weighted by atomic mass is 10.1. The van der Waals surface area contributed by atoms with Crippen LogP contribution >= 0.6 is 0 Å². The van der Waals surface area contributed by atoms with Gasteiger partial charge in [0.05, 0.1) is 6.61 Å². The fourth-order valence-electron chi connectivity index (χ4n) is 2.25. The van der Waals surface area contributed by atoms with Crippen LogP contribution in [-0.4, -0.2) is 12.6 Å². The zero-order chi connectivity index (χ0) is 16.7. The predicted octanol–water partition coefficient (Wildman–Crippen LogP) is 4.71. The van der Waals surface area contributed by atoms with Gasteiger partial charge in [0.15, 0.2) is 0 Å². The normalized spacial score (nSPS) is 10.2. The van der Waals surface area contributed by atoms with Crippen LogP contribution in [0, 0.1) is 13.8 Å². The van der Waals surface area contributed by atoms with Gasteiger partial charge in [-0.3, -0.25) is 0 Å². The van der Waals surface area contributed by atoms with Crippen molar-refractivity contribution in [3.8, 4) is 0 Å². The SMILES string of the molecule is C=CC(=O)OCCCc1ccc(Nc2ccc(C)c(C)c2)cc1. The van der Waals surface area contributed by atoms with Crippen molar-refractivity contribution < 1.29 is 9.53 Å². The zero-order valence-electron chi connectivity index (χ0n) is 13.8. The molecule has 0 saturated carbocycles. The van der Waals surface area contributed by atoms with E-state index in [1.165, 1.54) is 22.8 Å². The number of carbonyl (C=O) groups is 1. The van der Waals surface area contributed by atoms with Crippen molar-refractivity contribution in [2.45, 2.75) is 26.7 Å². The second kappa shape index (κ2) is 8.18. The topological polar surface area (TPSA) is 38.3 Å². The molecule has 0 atom stereocenters. The molecule has 0 saturated heterocycles. The molecule has 0 aromatic heterocycles. The Hall–Kier alpha value is -2.55. The Balaban J connectivity index is 1.85. The van der Waals surface area contributed by atoms with Crippen LogP contribution in [0.4, 0.5) is 11.4 Å². The summed E-state index contributed by atoms with van der Waals surface area (Å²) in [7, 11) is 0. The highest BCUT2D eigenvalue weighted by molar-refractivity contribution is 5.81. The number of aryl methyl sites for hydroxylation is 3. The lowest BCUT2D eigenvalue weighted by molar-refractivity contribution is -0.137. The molecule has 0 radical (unpaired) electrons. The summed E-state index contributed by atoms with van der Waals surface area (Å²) in [4.78, 5) is 10.9. The largest absolute Gasteiger partial charge is 0.463 e. The molecule has 0 aliphatic carbocycles. The highest BCUT2D eigenvalue weighted by atomic mass is 16.5. The quantitative estimate of drug-likeness (QED) is 0.457. The van der Waals surface area contributed by atoms with Gasteiger partial charge < -0.3 is 10.1 Å². The molecule has 2 aromatic rings. The lowest BCUT2D eigenvalue weighted by Crippen LogP contribution is -2.02. The van der Waals surface area contributed by atoms with E-state index in [9.17, 15) is 4.79 Å². The molecule has 3 heteroatoms. The number of rotatable bonds is 7. The Labute approximate surface area is 138 Å². The van der Waals surface area contributed by atoms with Crippen LogP contribution in [0.3, 0.4) is 0 Å². The predicted molar refractivity (Wildman–Crippen MR) is 95.1 cm³/mol. The fraction of sp³-hybridized carbons (Fsp3) is 0.250. The lowest BCUT2D eigenvalue weighted by Gasteiger charge is -2.09. The van der Waals surface area contributed by atoms with Crippen molar-refractivity contribution in [1.82, 2.24) is 0 Å². The van der Waals surface area contributed by atoms with Crippen LogP contribution in [0.1, 0.15) is 23.1 Å². The molecule has 3 nitrogen and oxygen atoms in total. The van der Waals surface area contributed by atoms with Crippen molar-refractivity contribution in [2.24, 2.45) is 0 Å². The molecule has 0 unspecified atom stereocenters. The molecule has 1 N–H and O–H groups in total. The maximum atomic E-state index is 10.9. The molecule has 0 heterocycles. The standard InChI is InChI=1S/C20H23NO2/c1-4-20(22)23-13-5-6-17-8-11-18(12-9-17)21-19-10-7-15(2)16(3)14-19/h4,7-12,14,21H,1,5-6,13H2,2-3H3. The summed E-state index contributed by atoms with van der Waals surface area (Å²) in [6, 6.07) is 14.7. The molecule has 0 aliphatic rings. The minimum Gasteiger partial charge on any atom is -0.463 e. The number of nitrogens with one attached hydrogen (secondary N) is 1. The molecule has 0 fully saturated rings. The summed E-state index contributed by atoms with van der Waals surface area (Å²) in [5, 5.41) is 3.41. The van der Waals surface area contributed by atoms with Crippen molar-refractivity contribution in [3.63, 3.8) is 0 Å². The van der Waals surface area contributed by atoms with Gasteiger partial charge in [-0.2, -0.15) is 0 Å². The Morgan fingerprint density at radius 1 is 1.09 bits per heavy atom. The summed E-state index contributed by atoms with van der Waals surface area (Å²) in [6.07, 6.45) is 2.88. The zero-order valence-corrected chi connectivity index (χ0v) is 13.8. The highest BCUT2D eigenvalue weighted by Crippen LogP contribution is 2.20. The number of ether oxygens (including phenoxy) is 1. The average Bonchev–Trinajstić information content (AvgIpc) is 2.56. The number of hydrogen-bond acceptors (Lipinski definition) is 3. The number of carbonyl (C=O) groups excluding carboxylic acids is 1. The summed E-state index contributed by atoms with van der Waals surface area (Å²) < 4.78 is 4.97. The molecule has 2 aromatic carbocycles. The number of esters is 1. The van der Waals surface area contributed by atoms with Gasteiger partial charge in [0.25, 0.3) is 0 Å². The monoisotopic (exact) mass is 309 g/mol. The van der Waals surface area contributed by atoms with Crippen molar-refractivity contribution in [3.05, 3.63) is 71.8 Å². The second-order valence-electron chi connectivity index (χ2n) is 5.60. The Kier molecular flexibility index (Phi) is 5.98. The van der Waals surface area contributed by atoms with Crippen molar-refractivity contribution in [2.75, 3.05) is 11.9 Å². The van der Waals surface area contributed by atoms with E-state index in [4.69, 9.17) is 4.74 Å². The molecule has 2 rings (SSSR count). The Morgan fingerprint density at radius 2 is 1.78 bits per heavy atom. The van der Waals surface area contributed by atoms with Gasteiger partial charge in [-0.05, 0) is 67.6 Å². The van der Waals surface area contributed by atoms with Crippen LogP contribution in [0.15, 0.2) is 55.1 Å². The first kappa shape index (κ1) is 16.8. The molecular weight excluding hydrogens is 286 g/mol. The van der Waals surface area contributed by atoms with Gasteiger partial charge >= 0.3 is 5.97 Å². The van der Waals surface area contributed by atoms with Gasteiger partial charge in [-0.25, -0.2) is 4.79 Å². The van der Waals surface area contributed by atoms with E-state index >= 15 is 0 Å². The van der Waals surface area contributed by atoms with Crippen LogP contribution in [0.25, 0.3) is 0 Å². The molecule has 0 amide bonds. The summed E-state index contributed by atoms with van der Waals surface area (Å²) >= 11 is 0. The maximum absolute atomic E-state index is 10.9. The number of benzene rings is 2. The Morgan fingerprint density at radius 3 is 2.43 bits per heavy atom. The third-order valence-corrected chi connectivity index (χ3v) is 3.77. The Bertz CT molecular complexity index is 675. The van der Waals surface area contributed by atoms with Crippen LogP contribution in [0.5, 0.6) is 0 Å². The van der Waals surface area contributed by atoms with E-state index in [-0.39, 0.29) is 5.97 Å². The van der Waals surface area contributed by atoms with E-state index < -0.39 is 0 Å². The van der Waals surface area contributed by atoms with E-state index in [0.29, 0.717) is 6.61 Å². The van der Waals surface area contributed by atoms with Gasteiger partial charge in [0.1, 0.15) is 0 Å². The number of hydrogen-bond donors (Lipinski definition) is 1. The third kappa shape index (κ3) is 5.29. The molecule has 23 heavy (non-hydrogen) atoms.